The van der Waals surface area contributed by atoms with E-state index in [0.29, 0.717) is 35.2 Å². The number of halogens is 1. The third kappa shape index (κ3) is 5.30. The molecule has 3 aromatic carbocycles. The van der Waals surface area contributed by atoms with Gasteiger partial charge < -0.3 is 24.5 Å². The number of imide groups is 1. The molecule has 10 nitrogen and oxygen atoms in total. The van der Waals surface area contributed by atoms with E-state index in [1.165, 1.54) is 40.5 Å². The van der Waals surface area contributed by atoms with Crippen LogP contribution >= 0.6 is 23.1 Å². The number of nitrogens with zero attached hydrogens (tertiary/aromatic N) is 1. The molecule has 8 rings (SSSR count). The van der Waals surface area contributed by atoms with Crippen LogP contribution in [0.4, 0.5) is 15.8 Å². The molecular weight excluding hydrogens is 670 g/mol. The zero-order chi connectivity index (χ0) is 34.0. The highest BCUT2D eigenvalue weighted by Gasteiger charge is 2.69. The van der Waals surface area contributed by atoms with E-state index in [1.807, 2.05) is 19.1 Å². The van der Waals surface area contributed by atoms with Crippen LogP contribution in [0.3, 0.4) is 0 Å². The normalized spacial score (nSPS) is 26.3. The number of methoxy groups -OCH3 is 1. The van der Waals surface area contributed by atoms with E-state index in [0.717, 1.165) is 21.9 Å². The zero-order valence-electron chi connectivity index (χ0n) is 26.5. The molecule has 4 unspecified atom stereocenters. The maximum absolute atomic E-state index is 14.0. The number of thiazole rings is 1. The predicted octanol–water partition coefficient (Wildman–Crippen LogP) is 5.68. The quantitative estimate of drug-likeness (QED) is 0.214. The number of H-pyrrole nitrogens is 1. The molecule has 0 radical (unpaired) electrons. The fourth-order valence-electron chi connectivity index (χ4n) is 8.36. The number of ether oxygens (including phenoxy) is 3. The summed E-state index contributed by atoms with van der Waals surface area (Å²) in [6, 6.07) is 18.1. The number of nitrogens with one attached hydrogen (secondary N) is 2. The van der Waals surface area contributed by atoms with Gasteiger partial charge in [0.25, 0.3) is 5.91 Å². The SMILES string of the molecule is CCOc1cc([C@H]2c3sc(=O)[nH]c3SC3C2[C@H]2C[C@@H]3C3C(=O)N(c4ccc(F)cc4)C(=O)C32)ccc1OCC(=O)Nc1ccc(OC)cc1. The Bertz CT molecular complexity index is 2010. The van der Waals surface area contributed by atoms with Gasteiger partial charge in [0.1, 0.15) is 11.6 Å². The van der Waals surface area contributed by atoms with Crippen molar-refractivity contribution in [3.63, 3.8) is 0 Å². The smallest absolute Gasteiger partial charge is 0.305 e. The molecule has 2 aliphatic carbocycles. The van der Waals surface area contributed by atoms with Crippen molar-refractivity contribution in [2.45, 2.75) is 29.5 Å². The summed E-state index contributed by atoms with van der Waals surface area (Å²) in [6.07, 6.45) is 0.741. The highest BCUT2D eigenvalue weighted by Crippen LogP contribution is 2.68. The topological polar surface area (TPSA) is 127 Å². The van der Waals surface area contributed by atoms with E-state index < -0.39 is 17.7 Å². The van der Waals surface area contributed by atoms with Crippen molar-refractivity contribution in [2.24, 2.45) is 29.6 Å². The summed E-state index contributed by atoms with van der Waals surface area (Å²) in [5.74, 6) is -1.02. The summed E-state index contributed by atoms with van der Waals surface area (Å²) in [7, 11) is 1.57. The Morgan fingerprint density at radius 3 is 2.41 bits per heavy atom. The number of fused-ring (bicyclic) bond motifs is 9. The van der Waals surface area contributed by atoms with Crippen LogP contribution in [-0.4, -0.2) is 48.3 Å². The van der Waals surface area contributed by atoms with E-state index in [2.05, 4.69) is 10.3 Å². The molecule has 13 heteroatoms. The Hall–Kier alpha value is -4.62. The molecule has 4 aliphatic rings. The van der Waals surface area contributed by atoms with Gasteiger partial charge in [-0.25, -0.2) is 4.39 Å². The van der Waals surface area contributed by atoms with Crippen molar-refractivity contribution in [1.29, 1.82) is 0 Å². The number of benzene rings is 3. The molecule has 2 N–H and O–H groups in total. The maximum Gasteiger partial charge on any atom is 0.305 e. The lowest BCUT2D eigenvalue weighted by atomic mass is 9.68. The molecule has 3 heterocycles. The minimum atomic E-state index is -0.484. The Labute approximate surface area is 288 Å². The average molecular weight is 702 g/mol. The summed E-state index contributed by atoms with van der Waals surface area (Å²) in [6.45, 7) is 1.98. The van der Waals surface area contributed by atoms with Crippen LogP contribution in [0, 0.1) is 35.4 Å². The Kier molecular flexibility index (Phi) is 7.98. The maximum atomic E-state index is 14.0. The van der Waals surface area contributed by atoms with Gasteiger partial charge in [-0.15, -0.1) is 11.8 Å². The molecule has 3 fully saturated rings. The first-order valence-corrected chi connectivity index (χ1v) is 17.8. The Balaban J connectivity index is 1.08. The largest absolute Gasteiger partial charge is 0.497 e. The van der Waals surface area contributed by atoms with Crippen LogP contribution in [0.5, 0.6) is 17.2 Å². The molecule has 7 atom stereocenters. The summed E-state index contributed by atoms with van der Waals surface area (Å²) in [5, 5.41) is 3.61. The molecule has 1 saturated heterocycles. The second kappa shape index (κ2) is 12.4. The van der Waals surface area contributed by atoms with Crippen molar-refractivity contribution in [1.82, 2.24) is 4.98 Å². The van der Waals surface area contributed by atoms with Crippen molar-refractivity contribution >= 4 is 52.2 Å². The van der Waals surface area contributed by atoms with Crippen molar-refractivity contribution in [3.8, 4) is 17.2 Å². The van der Waals surface area contributed by atoms with Crippen molar-refractivity contribution in [3.05, 3.63) is 92.7 Å². The van der Waals surface area contributed by atoms with Crippen LogP contribution < -0.4 is 29.3 Å². The van der Waals surface area contributed by atoms with E-state index in [9.17, 15) is 23.6 Å². The van der Waals surface area contributed by atoms with E-state index >= 15 is 0 Å². The molecule has 49 heavy (non-hydrogen) atoms. The standard InChI is InChI=1S/C36H32FN3O7S2/c1-3-46-25-14-17(4-13-24(25)47-16-26(41)38-19-7-11-21(45-2)12-8-19)27-28-22-15-23(31(28)48-33-32(27)49-36(44)39-33)30-29(22)34(42)40(35(30)43)20-9-5-18(37)6-10-20/h4-14,22-23,27-31H,3,15-16H2,1-2H3,(H,38,41)(H,39,44)/t22-,23-,27-,28?,29?,30?,31?/m1/s1. The van der Waals surface area contributed by atoms with Gasteiger partial charge in [-0.05, 0) is 97.3 Å². The number of anilines is 2. The molecule has 3 amide bonds. The first-order valence-electron chi connectivity index (χ1n) is 16.1. The lowest BCUT2D eigenvalue weighted by Gasteiger charge is -2.43. The first kappa shape index (κ1) is 31.6. The van der Waals surface area contributed by atoms with E-state index in [1.54, 1.807) is 49.2 Å². The van der Waals surface area contributed by atoms with Gasteiger partial charge in [0, 0.05) is 21.7 Å². The van der Waals surface area contributed by atoms with Gasteiger partial charge in [-0.3, -0.25) is 24.1 Å². The van der Waals surface area contributed by atoms with Crippen LogP contribution in [0.15, 0.2) is 76.6 Å². The number of hydrogen-bond acceptors (Lipinski definition) is 9. The molecule has 252 valence electrons. The summed E-state index contributed by atoms with van der Waals surface area (Å²) >= 11 is 2.78. The number of aromatic amines is 1. The number of rotatable bonds is 9. The van der Waals surface area contributed by atoms with Gasteiger partial charge >= 0.3 is 4.87 Å². The summed E-state index contributed by atoms with van der Waals surface area (Å²) in [5.41, 5.74) is 1.90. The third-order valence-corrected chi connectivity index (χ3v) is 12.8. The fraction of sp³-hybridized carbons (Fsp3) is 0.333. The molecule has 2 aliphatic heterocycles. The minimum Gasteiger partial charge on any atom is -0.497 e. The van der Waals surface area contributed by atoms with Gasteiger partial charge in [0.05, 0.1) is 36.3 Å². The third-order valence-electron chi connectivity index (χ3n) is 10.2. The summed E-state index contributed by atoms with van der Waals surface area (Å²) < 4.78 is 30.8. The van der Waals surface area contributed by atoms with E-state index in [4.69, 9.17) is 14.2 Å². The van der Waals surface area contributed by atoms with Gasteiger partial charge in [0.2, 0.25) is 11.8 Å². The molecule has 2 bridgehead atoms. The minimum absolute atomic E-state index is 0.00652. The Morgan fingerprint density at radius 2 is 1.69 bits per heavy atom. The molecule has 4 aromatic rings. The van der Waals surface area contributed by atoms with Gasteiger partial charge in [-0.2, -0.15) is 0 Å². The monoisotopic (exact) mass is 701 g/mol. The van der Waals surface area contributed by atoms with Crippen LogP contribution in [-0.2, 0) is 14.4 Å². The number of thioether (sulfide) groups is 1. The van der Waals surface area contributed by atoms with E-state index in [-0.39, 0.29) is 58.1 Å². The predicted molar refractivity (Wildman–Crippen MR) is 182 cm³/mol. The number of aromatic nitrogens is 1. The molecule has 0 spiro atoms. The van der Waals surface area contributed by atoms with Crippen LogP contribution in [0.2, 0.25) is 0 Å². The number of hydrogen-bond donors (Lipinski definition) is 2. The Morgan fingerprint density at radius 1 is 0.959 bits per heavy atom. The second-order valence-corrected chi connectivity index (χ2v) is 14.9. The zero-order valence-corrected chi connectivity index (χ0v) is 28.1. The molecular formula is C36H32FN3O7S2. The fourth-order valence-corrected chi connectivity index (χ4v) is 11.2. The highest BCUT2D eigenvalue weighted by molar-refractivity contribution is 8.00. The second-order valence-electron chi connectivity index (χ2n) is 12.7. The highest BCUT2D eigenvalue weighted by atomic mass is 32.2. The van der Waals surface area contributed by atoms with Crippen LogP contribution in [0.25, 0.3) is 0 Å². The summed E-state index contributed by atoms with van der Waals surface area (Å²) in [4.78, 5) is 58.2. The molecule has 1 aromatic heterocycles. The van der Waals surface area contributed by atoms with Gasteiger partial charge in [0.15, 0.2) is 18.1 Å². The number of amides is 3. The van der Waals surface area contributed by atoms with Crippen molar-refractivity contribution < 1.29 is 33.0 Å². The average Bonchev–Trinajstić information content (AvgIpc) is 3.84. The first-order chi connectivity index (χ1) is 23.7. The van der Waals surface area contributed by atoms with Gasteiger partial charge in [-0.1, -0.05) is 17.4 Å². The lowest BCUT2D eigenvalue weighted by Crippen LogP contribution is -2.42. The van der Waals surface area contributed by atoms with Crippen LogP contribution in [0.1, 0.15) is 29.7 Å². The molecule has 2 saturated carbocycles. The lowest BCUT2D eigenvalue weighted by molar-refractivity contribution is -0.123. The number of carbonyl (C=O) groups is 3. The van der Waals surface area contributed by atoms with Crippen molar-refractivity contribution in [2.75, 3.05) is 30.5 Å². The number of carbonyl (C=O) groups excluding carboxylic acids is 3.